The van der Waals surface area contributed by atoms with Gasteiger partial charge in [-0.15, -0.1) is 0 Å². The molecule has 0 atom stereocenters. The zero-order chi connectivity index (χ0) is 18.0. The minimum atomic E-state index is -3.34. The van der Waals surface area contributed by atoms with Crippen molar-refractivity contribution >= 4 is 32.5 Å². The van der Waals surface area contributed by atoms with Gasteiger partial charge in [0.15, 0.2) is 0 Å². The van der Waals surface area contributed by atoms with Crippen LogP contribution < -0.4 is 10.0 Å². The highest BCUT2D eigenvalue weighted by atomic mass is 32.2. The SMILES string of the molecule is CCCCS(=O)(=O)Nc1ccc2[nH]c(C(=O)NC3CCC3)c(C)c2c1. The number of hydrogen-bond acceptors (Lipinski definition) is 3. The molecule has 3 N–H and O–H groups in total. The molecule has 1 saturated carbocycles. The predicted molar refractivity (Wildman–Crippen MR) is 100 cm³/mol. The first-order valence-electron chi connectivity index (χ1n) is 8.83. The normalized spacial score (nSPS) is 15.1. The summed E-state index contributed by atoms with van der Waals surface area (Å²) in [6.45, 7) is 3.84. The van der Waals surface area contributed by atoms with Gasteiger partial charge in [0, 0.05) is 22.6 Å². The van der Waals surface area contributed by atoms with Crippen LogP contribution in [0.5, 0.6) is 0 Å². The molecule has 1 amide bonds. The summed E-state index contributed by atoms with van der Waals surface area (Å²) in [6, 6.07) is 5.58. The third-order valence-electron chi connectivity index (χ3n) is 4.77. The van der Waals surface area contributed by atoms with Gasteiger partial charge in [0.1, 0.15) is 5.69 Å². The Morgan fingerprint density at radius 2 is 2.08 bits per heavy atom. The number of rotatable bonds is 7. The average Bonchev–Trinajstić information content (AvgIpc) is 2.85. The highest BCUT2D eigenvalue weighted by Crippen LogP contribution is 2.26. The second-order valence-corrected chi connectivity index (χ2v) is 8.60. The number of H-pyrrole nitrogens is 1. The molecule has 1 aliphatic rings. The fourth-order valence-corrected chi connectivity index (χ4v) is 4.25. The largest absolute Gasteiger partial charge is 0.350 e. The first kappa shape index (κ1) is 17.8. The van der Waals surface area contributed by atoms with Crippen molar-refractivity contribution < 1.29 is 13.2 Å². The Bertz CT molecular complexity index is 882. The minimum Gasteiger partial charge on any atom is -0.350 e. The van der Waals surface area contributed by atoms with E-state index >= 15 is 0 Å². The summed E-state index contributed by atoms with van der Waals surface area (Å²) in [4.78, 5) is 15.6. The summed E-state index contributed by atoms with van der Waals surface area (Å²) in [5, 5.41) is 3.88. The Balaban J connectivity index is 1.82. The van der Waals surface area contributed by atoms with E-state index in [0.29, 0.717) is 17.8 Å². The molecule has 0 spiro atoms. The second kappa shape index (κ2) is 7.07. The predicted octanol–water partition coefficient (Wildman–Crippen LogP) is 3.30. The lowest BCUT2D eigenvalue weighted by molar-refractivity contribution is 0.0912. The highest BCUT2D eigenvalue weighted by molar-refractivity contribution is 7.92. The van der Waals surface area contributed by atoms with E-state index in [-0.39, 0.29) is 17.7 Å². The molecule has 1 aromatic carbocycles. The quantitative estimate of drug-likeness (QED) is 0.705. The number of aromatic nitrogens is 1. The molecule has 1 aromatic heterocycles. The van der Waals surface area contributed by atoms with Crippen LogP contribution in [-0.4, -0.2) is 31.1 Å². The maximum atomic E-state index is 12.4. The summed E-state index contributed by atoms with van der Waals surface area (Å²) in [7, 11) is -3.34. The van der Waals surface area contributed by atoms with Gasteiger partial charge >= 0.3 is 0 Å². The Kier molecular flexibility index (Phi) is 5.03. The molecule has 3 rings (SSSR count). The number of fused-ring (bicyclic) bond motifs is 1. The molecule has 6 nitrogen and oxygen atoms in total. The van der Waals surface area contributed by atoms with Gasteiger partial charge in [0.2, 0.25) is 10.0 Å². The summed E-state index contributed by atoms with van der Waals surface area (Å²) in [6.07, 6.45) is 4.70. The van der Waals surface area contributed by atoms with Crippen LogP contribution in [0.15, 0.2) is 18.2 Å². The second-order valence-electron chi connectivity index (χ2n) is 6.76. The Labute approximate surface area is 148 Å². The molecule has 0 bridgehead atoms. The number of nitrogens with one attached hydrogen (secondary N) is 3. The standard InChI is InChI=1S/C18H25N3O3S/c1-3-4-10-25(23,24)21-14-8-9-16-15(11-14)12(2)17(20-16)18(22)19-13-6-5-7-13/h8-9,11,13,20-21H,3-7,10H2,1-2H3,(H,19,22). The number of benzene rings is 1. The van der Waals surface area contributed by atoms with Crippen molar-refractivity contribution in [3.8, 4) is 0 Å². The third kappa shape index (κ3) is 3.98. The van der Waals surface area contributed by atoms with E-state index < -0.39 is 10.0 Å². The average molecular weight is 363 g/mol. The van der Waals surface area contributed by atoms with Crippen LogP contribution in [0.3, 0.4) is 0 Å². The molecule has 2 aromatic rings. The number of carbonyl (C=O) groups excluding carboxylic acids is 1. The van der Waals surface area contributed by atoms with Crippen molar-refractivity contribution in [2.24, 2.45) is 0 Å². The molecule has 0 unspecified atom stereocenters. The molecule has 1 heterocycles. The van der Waals surface area contributed by atoms with Crippen LogP contribution >= 0.6 is 0 Å². The van der Waals surface area contributed by atoms with Crippen LogP contribution in [0.4, 0.5) is 5.69 Å². The topological polar surface area (TPSA) is 91.1 Å². The number of carbonyl (C=O) groups is 1. The van der Waals surface area contributed by atoms with E-state index in [0.717, 1.165) is 42.1 Å². The first-order chi connectivity index (χ1) is 11.9. The zero-order valence-electron chi connectivity index (χ0n) is 14.7. The zero-order valence-corrected chi connectivity index (χ0v) is 15.5. The van der Waals surface area contributed by atoms with Crippen molar-refractivity contribution in [2.75, 3.05) is 10.5 Å². The number of aryl methyl sites for hydroxylation is 1. The van der Waals surface area contributed by atoms with Gasteiger partial charge in [-0.05, 0) is 56.4 Å². The van der Waals surface area contributed by atoms with Crippen LogP contribution in [-0.2, 0) is 10.0 Å². The Morgan fingerprint density at radius 3 is 2.72 bits per heavy atom. The van der Waals surface area contributed by atoms with Crippen molar-refractivity contribution in [3.63, 3.8) is 0 Å². The number of amides is 1. The molecular formula is C18H25N3O3S. The number of hydrogen-bond donors (Lipinski definition) is 3. The third-order valence-corrected chi connectivity index (χ3v) is 6.14. The maximum absolute atomic E-state index is 12.4. The Morgan fingerprint density at radius 1 is 1.32 bits per heavy atom. The summed E-state index contributed by atoms with van der Waals surface area (Å²) in [5.41, 5.74) is 2.73. The van der Waals surface area contributed by atoms with E-state index in [4.69, 9.17) is 0 Å². The van der Waals surface area contributed by atoms with Crippen LogP contribution in [0.2, 0.25) is 0 Å². The summed E-state index contributed by atoms with van der Waals surface area (Å²) >= 11 is 0. The number of unbranched alkanes of at least 4 members (excludes halogenated alkanes) is 1. The van der Waals surface area contributed by atoms with E-state index in [1.807, 2.05) is 13.8 Å². The molecule has 25 heavy (non-hydrogen) atoms. The monoisotopic (exact) mass is 363 g/mol. The number of anilines is 1. The summed E-state index contributed by atoms with van der Waals surface area (Å²) in [5.74, 6) is 0.0198. The minimum absolute atomic E-state index is 0.0940. The van der Waals surface area contributed by atoms with E-state index in [1.165, 1.54) is 0 Å². The van der Waals surface area contributed by atoms with Gasteiger partial charge in [-0.2, -0.15) is 0 Å². The molecular weight excluding hydrogens is 338 g/mol. The highest BCUT2D eigenvalue weighted by Gasteiger charge is 2.22. The molecule has 136 valence electrons. The van der Waals surface area contributed by atoms with E-state index in [9.17, 15) is 13.2 Å². The number of sulfonamides is 1. The molecule has 0 radical (unpaired) electrons. The molecule has 0 aliphatic heterocycles. The van der Waals surface area contributed by atoms with E-state index in [2.05, 4.69) is 15.0 Å². The molecule has 1 aliphatic carbocycles. The fraction of sp³-hybridized carbons (Fsp3) is 0.500. The van der Waals surface area contributed by atoms with Gasteiger partial charge in [-0.3, -0.25) is 9.52 Å². The fourth-order valence-electron chi connectivity index (χ4n) is 2.99. The maximum Gasteiger partial charge on any atom is 0.268 e. The lowest BCUT2D eigenvalue weighted by atomic mass is 9.93. The lowest BCUT2D eigenvalue weighted by Crippen LogP contribution is -2.39. The summed E-state index contributed by atoms with van der Waals surface area (Å²) < 4.78 is 26.8. The molecule has 1 fully saturated rings. The van der Waals surface area contributed by atoms with Crippen molar-refractivity contribution in [2.45, 2.75) is 52.0 Å². The smallest absolute Gasteiger partial charge is 0.268 e. The van der Waals surface area contributed by atoms with Crippen LogP contribution in [0.1, 0.15) is 55.1 Å². The van der Waals surface area contributed by atoms with Gasteiger partial charge in [-0.1, -0.05) is 13.3 Å². The van der Waals surface area contributed by atoms with E-state index in [1.54, 1.807) is 18.2 Å². The van der Waals surface area contributed by atoms with Crippen molar-refractivity contribution in [1.29, 1.82) is 0 Å². The van der Waals surface area contributed by atoms with Gasteiger partial charge < -0.3 is 10.3 Å². The van der Waals surface area contributed by atoms with Gasteiger partial charge in [-0.25, -0.2) is 8.42 Å². The van der Waals surface area contributed by atoms with Crippen molar-refractivity contribution in [3.05, 3.63) is 29.5 Å². The first-order valence-corrected chi connectivity index (χ1v) is 10.5. The van der Waals surface area contributed by atoms with Gasteiger partial charge in [0.25, 0.3) is 5.91 Å². The number of aromatic amines is 1. The lowest BCUT2D eigenvalue weighted by Gasteiger charge is -2.26. The van der Waals surface area contributed by atoms with Crippen molar-refractivity contribution in [1.82, 2.24) is 10.3 Å². The van der Waals surface area contributed by atoms with Crippen LogP contribution in [0.25, 0.3) is 10.9 Å². The van der Waals surface area contributed by atoms with Gasteiger partial charge in [0.05, 0.1) is 5.75 Å². The molecule has 0 saturated heterocycles. The Hall–Kier alpha value is -2.02. The molecule has 7 heteroatoms. The van der Waals surface area contributed by atoms with Crippen LogP contribution in [0, 0.1) is 6.92 Å².